The zero-order valence-electron chi connectivity index (χ0n) is 12.5. The summed E-state index contributed by atoms with van der Waals surface area (Å²) in [5.74, 6) is 0.116. The molecule has 0 unspecified atom stereocenters. The van der Waals surface area contributed by atoms with Gasteiger partial charge in [0.25, 0.3) is 0 Å². The van der Waals surface area contributed by atoms with E-state index in [1.165, 1.54) is 12.1 Å². The van der Waals surface area contributed by atoms with Crippen molar-refractivity contribution in [3.63, 3.8) is 0 Å². The van der Waals surface area contributed by atoms with Crippen molar-refractivity contribution in [2.45, 2.75) is 12.8 Å². The van der Waals surface area contributed by atoms with Crippen molar-refractivity contribution < 1.29 is 13.6 Å². The molecule has 2 aromatic carbocycles. The van der Waals surface area contributed by atoms with Gasteiger partial charge in [-0.1, -0.05) is 17.7 Å². The van der Waals surface area contributed by atoms with Gasteiger partial charge in [-0.15, -0.1) is 10.2 Å². The Kier molecular flexibility index (Phi) is 4.86. The van der Waals surface area contributed by atoms with Gasteiger partial charge in [0.1, 0.15) is 5.82 Å². The minimum atomic E-state index is -0.337. The Balaban J connectivity index is 1.57. The summed E-state index contributed by atoms with van der Waals surface area (Å²) in [6, 6.07) is 12.6. The molecular weight excluding hydrogens is 333 g/mol. The Labute approximate surface area is 142 Å². The minimum Gasteiger partial charge on any atom is -0.421 e. The fourth-order valence-electron chi connectivity index (χ4n) is 2.07. The van der Waals surface area contributed by atoms with Gasteiger partial charge in [-0.2, -0.15) is 0 Å². The lowest BCUT2D eigenvalue weighted by Gasteiger charge is -2.04. The number of amides is 1. The van der Waals surface area contributed by atoms with Gasteiger partial charge in [0.05, 0.1) is 0 Å². The van der Waals surface area contributed by atoms with E-state index in [0.29, 0.717) is 34.5 Å². The number of carbonyl (C=O) groups excluding carboxylic acids is 1. The number of hydrogen-bond acceptors (Lipinski definition) is 4. The molecule has 0 aliphatic carbocycles. The minimum absolute atomic E-state index is 0.182. The zero-order chi connectivity index (χ0) is 16.9. The number of carbonyl (C=O) groups is 1. The maximum Gasteiger partial charge on any atom is 0.247 e. The second-order valence-corrected chi connectivity index (χ2v) is 5.50. The maximum absolute atomic E-state index is 12.9. The number of nitrogens with zero attached hydrogens (tertiary/aromatic N) is 2. The molecule has 0 fully saturated rings. The molecule has 1 aromatic heterocycles. The van der Waals surface area contributed by atoms with E-state index < -0.39 is 0 Å². The van der Waals surface area contributed by atoms with Gasteiger partial charge in [-0.3, -0.25) is 4.79 Å². The maximum atomic E-state index is 12.9. The van der Waals surface area contributed by atoms with Gasteiger partial charge < -0.3 is 9.73 Å². The van der Waals surface area contributed by atoms with Crippen LogP contribution in [-0.4, -0.2) is 16.1 Å². The molecule has 5 nitrogen and oxygen atoms in total. The number of rotatable bonds is 5. The van der Waals surface area contributed by atoms with Gasteiger partial charge in [0.15, 0.2) is 0 Å². The van der Waals surface area contributed by atoms with E-state index in [4.69, 9.17) is 16.0 Å². The number of hydrogen-bond donors (Lipinski definition) is 1. The molecule has 0 aliphatic rings. The Morgan fingerprint density at radius 2 is 1.96 bits per heavy atom. The summed E-state index contributed by atoms with van der Waals surface area (Å²) >= 11 is 5.86. The van der Waals surface area contributed by atoms with Crippen LogP contribution in [0.5, 0.6) is 0 Å². The number of anilines is 1. The van der Waals surface area contributed by atoms with Crippen LogP contribution in [0.3, 0.4) is 0 Å². The van der Waals surface area contributed by atoms with Crippen LogP contribution in [0.2, 0.25) is 5.02 Å². The normalized spacial score (nSPS) is 10.6. The first-order chi connectivity index (χ1) is 11.6. The highest BCUT2D eigenvalue weighted by atomic mass is 35.5. The number of aryl methyl sites for hydroxylation is 1. The molecule has 1 heterocycles. The molecule has 0 bridgehead atoms. The van der Waals surface area contributed by atoms with E-state index in [2.05, 4.69) is 15.5 Å². The standard InChI is InChI=1S/C17H13ClFN3O2/c18-12-2-1-3-14(10-12)20-15(23)8-9-16-21-22-17(24-16)11-4-6-13(19)7-5-11/h1-7,10H,8-9H2,(H,20,23). The lowest BCUT2D eigenvalue weighted by Crippen LogP contribution is -2.12. The number of benzene rings is 2. The van der Waals surface area contributed by atoms with Gasteiger partial charge in [-0.05, 0) is 42.5 Å². The molecule has 0 radical (unpaired) electrons. The molecular formula is C17H13ClFN3O2. The van der Waals surface area contributed by atoms with Gasteiger partial charge >= 0.3 is 0 Å². The largest absolute Gasteiger partial charge is 0.421 e. The molecule has 0 spiro atoms. The Bertz CT molecular complexity index is 849. The van der Waals surface area contributed by atoms with Crippen LogP contribution in [-0.2, 0) is 11.2 Å². The Hall–Kier alpha value is -2.73. The third kappa shape index (κ3) is 4.17. The van der Waals surface area contributed by atoms with Crippen LogP contribution in [0, 0.1) is 5.82 Å². The summed E-state index contributed by atoms with van der Waals surface area (Å²) < 4.78 is 18.4. The molecule has 3 aromatic rings. The summed E-state index contributed by atoms with van der Waals surface area (Å²) in [5.41, 5.74) is 1.25. The summed E-state index contributed by atoms with van der Waals surface area (Å²) in [4.78, 5) is 11.9. The lowest BCUT2D eigenvalue weighted by atomic mass is 10.2. The van der Waals surface area contributed by atoms with Crippen molar-refractivity contribution in [3.8, 4) is 11.5 Å². The van der Waals surface area contributed by atoms with Crippen molar-refractivity contribution >= 4 is 23.2 Å². The zero-order valence-corrected chi connectivity index (χ0v) is 13.3. The predicted molar refractivity (Wildman–Crippen MR) is 88.1 cm³/mol. The third-order valence-electron chi connectivity index (χ3n) is 3.23. The molecule has 122 valence electrons. The molecule has 1 N–H and O–H groups in total. The highest BCUT2D eigenvalue weighted by Crippen LogP contribution is 2.19. The summed E-state index contributed by atoms with van der Waals surface area (Å²) in [6.45, 7) is 0. The first-order valence-electron chi connectivity index (χ1n) is 7.24. The van der Waals surface area contributed by atoms with Gasteiger partial charge in [-0.25, -0.2) is 4.39 Å². The quantitative estimate of drug-likeness (QED) is 0.756. The number of aromatic nitrogens is 2. The molecule has 3 rings (SSSR count). The average Bonchev–Trinajstić information content (AvgIpc) is 3.03. The summed E-state index contributed by atoms with van der Waals surface area (Å²) in [6.07, 6.45) is 0.498. The average molecular weight is 346 g/mol. The topological polar surface area (TPSA) is 68.0 Å². The molecule has 24 heavy (non-hydrogen) atoms. The van der Waals surface area contributed by atoms with E-state index in [9.17, 15) is 9.18 Å². The predicted octanol–water partition coefficient (Wildman–Crippen LogP) is 4.10. The van der Waals surface area contributed by atoms with Crippen LogP contribution < -0.4 is 5.32 Å². The van der Waals surface area contributed by atoms with Gasteiger partial charge in [0, 0.05) is 29.1 Å². The van der Waals surface area contributed by atoms with Crippen molar-refractivity contribution in [1.82, 2.24) is 10.2 Å². The number of nitrogens with one attached hydrogen (secondary N) is 1. The summed E-state index contributed by atoms with van der Waals surface area (Å²) in [5, 5.41) is 11.1. The second-order valence-electron chi connectivity index (χ2n) is 5.07. The fourth-order valence-corrected chi connectivity index (χ4v) is 2.26. The first kappa shape index (κ1) is 16.1. The summed E-state index contributed by atoms with van der Waals surface area (Å²) in [7, 11) is 0. The van der Waals surface area contributed by atoms with Crippen LogP contribution >= 0.6 is 11.6 Å². The van der Waals surface area contributed by atoms with E-state index in [0.717, 1.165) is 0 Å². The SMILES string of the molecule is O=C(CCc1nnc(-c2ccc(F)cc2)o1)Nc1cccc(Cl)c1. The molecule has 0 saturated heterocycles. The molecule has 0 aliphatic heterocycles. The molecule has 7 heteroatoms. The van der Waals surface area contributed by atoms with E-state index >= 15 is 0 Å². The highest BCUT2D eigenvalue weighted by molar-refractivity contribution is 6.30. The Morgan fingerprint density at radius 3 is 2.71 bits per heavy atom. The second kappa shape index (κ2) is 7.23. The molecule has 0 atom stereocenters. The van der Waals surface area contributed by atoms with Gasteiger partial charge in [0.2, 0.25) is 17.7 Å². The van der Waals surface area contributed by atoms with E-state index in [-0.39, 0.29) is 18.1 Å². The highest BCUT2D eigenvalue weighted by Gasteiger charge is 2.11. The van der Waals surface area contributed by atoms with E-state index in [1.54, 1.807) is 36.4 Å². The fraction of sp³-hybridized carbons (Fsp3) is 0.118. The van der Waals surface area contributed by atoms with Crippen molar-refractivity contribution in [1.29, 1.82) is 0 Å². The molecule has 1 amide bonds. The first-order valence-corrected chi connectivity index (χ1v) is 7.62. The molecule has 0 saturated carbocycles. The van der Waals surface area contributed by atoms with Crippen LogP contribution in [0.15, 0.2) is 52.9 Å². The monoisotopic (exact) mass is 345 g/mol. The van der Waals surface area contributed by atoms with Crippen LogP contribution in [0.4, 0.5) is 10.1 Å². The van der Waals surface area contributed by atoms with E-state index in [1.807, 2.05) is 0 Å². The van der Waals surface area contributed by atoms with Crippen LogP contribution in [0.1, 0.15) is 12.3 Å². The van der Waals surface area contributed by atoms with Crippen molar-refractivity contribution in [2.24, 2.45) is 0 Å². The van der Waals surface area contributed by atoms with Crippen LogP contribution in [0.25, 0.3) is 11.5 Å². The number of halogens is 2. The van der Waals surface area contributed by atoms with Crippen molar-refractivity contribution in [2.75, 3.05) is 5.32 Å². The smallest absolute Gasteiger partial charge is 0.247 e. The lowest BCUT2D eigenvalue weighted by molar-refractivity contribution is -0.116. The van der Waals surface area contributed by atoms with Crippen molar-refractivity contribution in [3.05, 3.63) is 65.3 Å². The third-order valence-corrected chi connectivity index (χ3v) is 3.47. The Morgan fingerprint density at radius 1 is 1.17 bits per heavy atom.